The molecule has 7 heteroatoms. The topological polar surface area (TPSA) is 66.4 Å². The van der Waals surface area contributed by atoms with E-state index in [0.717, 1.165) is 24.3 Å². The molecule has 1 aliphatic carbocycles. The summed E-state index contributed by atoms with van der Waals surface area (Å²) in [5.41, 5.74) is -0.639. The van der Waals surface area contributed by atoms with E-state index in [2.05, 4.69) is 5.32 Å². The fourth-order valence-corrected chi connectivity index (χ4v) is 2.56. The second-order valence-electron chi connectivity index (χ2n) is 5.44. The summed E-state index contributed by atoms with van der Waals surface area (Å²) in [5, 5.41) is 11.6. The number of carbonyl (C=O) groups is 2. The zero-order chi connectivity index (χ0) is 16.3. The molecular weight excluding hydrogens is 299 g/mol. The lowest BCUT2D eigenvalue weighted by molar-refractivity contribution is -0.143. The first-order chi connectivity index (χ1) is 10.3. The smallest absolute Gasteiger partial charge is 0.416 e. The summed E-state index contributed by atoms with van der Waals surface area (Å²) in [4.78, 5) is 22.8. The molecule has 4 nitrogen and oxygen atoms in total. The third-order valence-electron chi connectivity index (χ3n) is 3.89. The van der Waals surface area contributed by atoms with Crippen LogP contribution in [0.3, 0.4) is 0 Å². The summed E-state index contributed by atoms with van der Waals surface area (Å²) in [5.74, 6) is -1.64. The number of carboxylic acids is 1. The van der Waals surface area contributed by atoms with Crippen LogP contribution in [-0.2, 0) is 11.0 Å². The van der Waals surface area contributed by atoms with Gasteiger partial charge in [-0.05, 0) is 49.9 Å². The van der Waals surface area contributed by atoms with Gasteiger partial charge in [0.05, 0.1) is 11.5 Å². The summed E-state index contributed by atoms with van der Waals surface area (Å²) >= 11 is 0. The Balaban J connectivity index is 1.92. The fraction of sp³-hybridized carbons (Fsp3) is 0.467. The minimum atomic E-state index is -4.43. The van der Waals surface area contributed by atoms with E-state index in [-0.39, 0.29) is 17.5 Å². The van der Waals surface area contributed by atoms with E-state index in [1.54, 1.807) is 0 Å². The van der Waals surface area contributed by atoms with Crippen LogP contribution in [0.15, 0.2) is 24.3 Å². The van der Waals surface area contributed by atoms with E-state index >= 15 is 0 Å². The Bertz CT molecular complexity index is 546. The molecule has 1 aromatic rings. The first kappa shape index (κ1) is 16.3. The van der Waals surface area contributed by atoms with Crippen molar-refractivity contribution >= 4 is 11.9 Å². The van der Waals surface area contributed by atoms with E-state index in [1.165, 1.54) is 0 Å². The summed E-state index contributed by atoms with van der Waals surface area (Å²) < 4.78 is 37.3. The minimum Gasteiger partial charge on any atom is -0.481 e. The predicted molar refractivity (Wildman–Crippen MR) is 72.3 cm³/mol. The summed E-state index contributed by atoms with van der Waals surface area (Å²) in [6.45, 7) is 0. The molecule has 0 radical (unpaired) electrons. The molecule has 0 unspecified atom stereocenters. The quantitative estimate of drug-likeness (QED) is 0.901. The Morgan fingerprint density at radius 2 is 1.59 bits per heavy atom. The van der Waals surface area contributed by atoms with Gasteiger partial charge in [0.1, 0.15) is 0 Å². The van der Waals surface area contributed by atoms with E-state index in [9.17, 15) is 22.8 Å². The van der Waals surface area contributed by atoms with Crippen molar-refractivity contribution in [1.29, 1.82) is 0 Å². The van der Waals surface area contributed by atoms with E-state index < -0.39 is 23.6 Å². The normalized spacial score (nSPS) is 22.1. The van der Waals surface area contributed by atoms with Gasteiger partial charge in [0, 0.05) is 11.6 Å². The molecular formula is C15H16F3NO3. The maximum atomic E-state index is 12.4. The van der Waals surface area contributed by atoms with Gasteiger partial charge in [-0.1, -0.05) is 0 Å². The van der Waals surface area contributed by atoms with Crippen LogP contribution >= 0.6 is 0 Å². The van der Waals surface area contributed by atoms with Crippen molar-refractivity contribution in [1.82, 2.24) is 5.32 Å². The molecule has 2 rings (SSSR count). The van der Waals surface area contributed by atoms with Crippen LogP contribution in [0.25, 0.3) is 0 Å². The fourth-order valence-electron chi connectivity index (χ4n) is 2.56. The van der Waals surface area contributed by atoms with Crippen LogP contribution in [0.1, 0.15) is 41.6 Å². The monoisotopic (exact) mass is 315 g/mol. The number of benzene rings is 1. The molecule has 0 bridgehead atoms. The van der Waals surface area contributed by atoms with Crippen LogP contribution in [0.5, 0.6) is 0 Å². The number of aliphatic carboxylic acids is 1. The van der Waals surface area contributed by atoms with E-state index in [4.69, 9.17) is 5.11 Å². The lowest BCUT2D eigenvalue weighted by atomic mass is 9.86. The second-order valence-corrected chi connectivity index (χ2v) is 5.44. The maximum absolute atomic E-state index is 12.4. The number of carbonyl (C=O) groups excluding carboxylic acids is 1. The SMILES string of the molecule is O=C(NC1CCC(C(=O)O)CC1)c1ccc(C(F)(F)F)cc1. The van der Waals surface area contributed by atoms with Gasteiger partial charge in [0.2, 0.25) is 0 Å². The molecule has 22 heavy (non-hydrogen) atoms. The van der Waals surface area contributed by atoms with Gasteiger partial charge in [0.15, 0.2) is 0 Å². The molecule has 2 N–H and O–H groups in total. The average Bonchev–Trinajstić information content (AvgIpc) is 2.47. The lowest BCUT2D eigenvalue weighted by Crippen LogP contribution is -2.38. The third-order valence-corrected chi connectivity index (χ3v) is 3.89. The molecule has 0 saturated heterocycles. The molecule has 0 spiro atoms. The number of hydrogen-bond donors (Lipinski definition) is 2. The number of alkyl halides is 3. The van der Waals surface area contributed by atoms with Gasteiger partial charge >= 0.3 is 12.1 Å². The molecule has 1 saturated carbocycles. The maximum Gasteiger partial charge on any atom is 0.416 e. The Labute approximate surface area is 125 Å². The van der Waals surface area contributed by atoms with Gasteiger partial charge in [-0.2, -0.15) is 13.2 Å². The molecule has 0 aromatic heterocycles. The zero-order valence-electron chi connectivity index (χ0n) is 11.7. The van der Waals surface area contributed by atoms with Crippen molar-refractivity contribution in [2.24, 2.45) is 5.92 Å². The van der Waals surface area contributed by atoms with Gasteiger partial charge in [-0.3, -0.25) is 9.59 Å². The highest BCUT2D eigenvalue weighted by atomic mass is 19.4. The Morgan fingerprint density at radius 3 is 2.05 bits per heavy atom. The highest BCUT2D eigenvalue weighted by Gasteiger charge is 2.30. The molecule has 1 amide bonds. The summed E-state index contributed by atoms with van der Waals surface area (Å²) in [6, 6.07) is 3.89. The van der Waals surface area contributed by atoms with E-state index in [1.807, 2.05) is 0 Å². The van der Waals surface area contributed by atoms with Crippen molar-refractivity contribution in [3.63, 3.8) is 0 Å². The van der Waals surface area contributed by atoms with Crippen molar-refractivity contribution in [3.05, 3.63) is 35.4 Å². The van der Waals surface area contributed by atoms with Gasteiger partial charge in [-0.15, -0.1) is 0 Å². The van der Waals surface area contributed by atoms with Crippen molar-refractivity contribution in [2.75, 3.05) is 0 Å². The summed E-state index contributed by atoms with van der Waals surface area (Å²) in [7, 11) is 0. The van der Waals surface area contributed by atoms with Crippen LogP contribution in [0.2, 0.25) is 0 Å². The van der Waals surface area contributed by atoms with Gasteiger partial charge < -0.3 is 10.4 Å². The largest absolute Gasteiger partial charge is 0.481 e. The molecule has 120 valence electrons. The van der Waals surface area contributed by atoms with Crippen molar-refractivity contribution < 1.29 is 27.9 Å². The number of amides is 1. The summed E-state index contributed by atoms with van der Waals surface area (Å²) in [6.07, 6.45) is -2.32. The Morgan fingerprint density at radius 1 is 1.05 bits per heavy atom. The lowest BCUT2D eigenvalue weighted by Gasteiger charge is -2.26. The number of nitrogens with one attached hydrogen (secondary N) is 1. The van der Waals surface area contributed by atoms with Crippen LogP contribution in [0.4, 0.5) is 13.2 Å². The molecule has 0 aliphatic heterocycles. The first-order valence-corrected chi connectivity index (χ1v) is 6.98. The van der Waals surface area contributed by atoms with E-state index in [0.29, 0.717) is 25.7 Å². The number of halogens is 3. The molecule has 1 fully saturated rings. The third kappa shape index (κ3) is 3.99. The number of rotatable bonds is 3. The van der Waals surface area contributed by atoms with Crippen LogP contribution in [0, 0.1) is 5.92 Å². The Kier molecular flexibility index (Phi) is 4.73. The second kappa shape index (κ2) is 6.37. The predicted octanol–water partition coefficient (Wildman–Crippen LogP) is 3.08. The molecule has 0 atom stereocenters. The highest BCUT2D eigenvalue weighted by molar-refractivity contribution is 5.94. The highest BCUT2D eigenvalue weighted by Crippen LogP contribution is 2.29. The van der Waals surface area contributed by atoms with Crippen molar-refractivity contribution in [2.45, 2.75) is 37.9 Å². The van der Waals surface area contributed by atoms with Crippen molar-refractivity contribution in [3.8, 4) is 0 Å². The minimum absolute atomic E-state index is 0.134. The number of hydrogen-bond acceptors (Lipinski definition) is 2. The van der Waals surface area contributed by atoms with Gasteiger partial charge in [-0.25, -0.2) is 0 Å². The zero-order valence-corrected chi connectivity index (χ0v) is 11.7. The molecule has 1 aliphatic rings. The molecule has 0 heterocycles. The Hall–Kier alpha value is -2.05. The van der Waals surface area contributed by atoms with Crippen LogP contribution in [-0.4, -0.2) is 23.0 Å². The van der Waals surface area contributed by atoms with Crippen LogP contribution < -0.4 is 5.32 Å². The van der Waals surface area contributed by atoms with Gasteiger partial charge in [0.25, 0.3) is 5.91 Å². The number of carboxylic acid groups (broad SMARTS) is 1. The molecule has 1 aromatic carbocycles. The average molecular weight is 315 g/mol. The standard InChI is InChI=1S/C15H16F3NO3/c16-15(17,18)11-5-1-9(2-6-11)13(20)19-12-7-3-10(4-8-12)14(21)22/h1-2,5-6,10,12H,3-4,7-8H2,(H,19,20)(H,21,22). The first-order valence-electron chi connectivity index (χ1n) is 6.98.